The summed E-state index contributed by atoms with van der Waals surface area (Å²) in [5.74, 6) is 0.806. The van der Waals surface area contributed by atoms with Crippen LogP contribution in [0.5, 0.6) is 0 Å². The first-order valence-electron chi connectivity index (χ1n) is 7.82. The molecule has 0 saturated heterocycles. The number of nitrogens with two attached hydrogens (primary N) is 1. The Balaban J connectivity index is 1.88. The third kappa shape index (κ3) is 4.53. The number of nitrogens with one attached hydrogen (secondary N) is 1. The lowest BCUT2D eigenvalue weighted by atomic mass is 10.0. The third-order valence-electron chi connectivity index (χ3n) is 4.32. The van der Waals surface area contributed by atoms with Gasteiger partial charge in [-0.05, 0) is 42.9 Å². The molecule has 0 aliphatic heterocycles. The molecule has 0 amide bonds. The summed E-state index contributed by atoms with van der Waals surface area (Å²) in [5, 5.41) is 0. The maximum absolute atomic E-state index is 12.3. The van der Waals surface area contributed by atoms with Crippen LogP contribution in [-0.2, 0) is 16.6 Å². The first-order valence-corrected chi connectivity index (χ1v) is 9.30. The van der Waals surface area contributed by atoms with Crippen molar-refractivity contribution in [1.29, 1.82) is 0 Å². The van der Waals surface area contributed by atoms with Crippen LogP contribution in [0.1, 0.15) is 49.7 Å². The maximum Gasteiger partial charge on any atom is 0.240 e. The second-order valence-electron chi connectivity index (χ2n) is 5.99. The van der Waals surface area contributed by atoms with E-state index in [1.807, 2.05) is 13.0 Å². The summed E-state index contributed by atoms with van der Waals surface area (Å²) in [6.45, 7) is 2.76. The van der Waals surface area contributed by atoms with Crippen molar-refractivity contribution < 1.29 is 8.42 Å². The maximum atomic E-state index is 12.3. The summed E-state index contributed by atoms with van der Waals surface area (Å²) in [6, 6.07) is 5.27. The second-order valence-corrected chi connectivity index (χ2v) is 7.73. The molecule has 0 bridgehead atoms. The van der Waals surface area contributed by atoms with Gasteiger partial charge in [0, 0.05) is 13.1 Å². The van der Waals surface area contributed by atoms with Crippen LogP contribution in [0, 0.1) is 12.8 Å². The first kappa shape index (κ1) is 16.5. The highest BCUT2D eigenvalue weighted by Crippen LogP contribution is 2.28. The zero-order valence-corrected chi connectivity index (χ0v) is 13.6. The lowest BCUT2D eigenvalue weighted by Gasteiger charge is -2.12. The van der Waals surface area contributed by atoms with Crippen molar-refractivity contribution in [2.24, 2.45) is 11.7 Å². The fourth-order valence-corrected chi connectivity index (χ4v) is 4.41. The van der Waals surface area contributed by atoms with E-state index in [0.717, 1.165) is 29.9 Å². The van der Waals surface area contributed by atoms with Gasteiger partial charge >= 0.3 is 0 Å². The van der Waals surface area contributed by atoms with Gasteiger partial charge in [0.1, 0.15) is 0 Å². The molecule has 0 atom stereocenters. The zero-order chi connectivity index (χ0) is 15.3. The van der Waals surface area contributed by atoms with Gasteiger partial charge in [0.2, 0.25) is 10.0 Å². The van der Waals surface area contributed by atoms with Gasteiger partial charge in [-0.3, -0.25) is 0 Å². The largest absolute Gasteiger partial charge is 0.326 e. The molecule has 5 heteroatoms. The average molecular weight is 310 g/mol. The molecule has 2 rings (SSSR count). The summed E-state index contributed by atoms with van der Waals surface area (Å²) in [6.07, 6.45) is 7.35. The smallest absolute Gasteiger partial charge is 0.240 e. The van der Waals surface area contributed by atoms with Crippen molar-refractivity contribution in [2.45, 2.75) is 56.9 Å². The van der Waals surface area contributed by atoms with E-state index in [0.29, 0.717) is 18.0 Å². The Bertz CT molecular complexity index is 564. The average Bonchev–Trinajstić information content (AvgIpc) is 2.96. The number of aryl methyl sites for hydroxylation is 1. The van der Waals surface area contributed by atoms with Gasteiger partial charge in [0.25, 0.3) is 0 Å². The molecule has 0 spiro atoms. The van der Waals surface area contributed by atoms with Gasteiger partial charge in [0.05, 0.1) is 4.90 Å². The van der Waals surface area contributed by atoms with E-state index in [1.54, 1.807) is 12.1 Å². The molecule has 0 radical (unpaired) electrons. The molecule has 1 aromatic carbocycles. The molecule has 1 aliphatic carbocycles. The van der Waals surface area contributed by atoms with E-state index >= 15 is 0 Å². The zero-order valence-electron chi connectivity index (χ0n) is 12.8. The Kier molecular flexibility index (Phi) is 5.79. The van der Waals surface area contributed by atoms with Crippen LogP contribution in [0.4, 0.5) is 0 Å². The predicted octanol–water partition coefficient (Wildman–Crippen LogP) is 2.70. The van der Waals surface area contributed by atoms with Gasteiger partial charge in [-0.15, -0.1) is 0 Å². The molecule has 0 heterocycles. The van der Waals surface area contributed by atoms with E-state index in [9.17, 15) is 8.42 Å². The number of hydrogen-bond donors (Lipinski definition) is 2. The Morgan fingerprint density at radius 2 is 2.00 bits per heavy atom. The van der Waals surface area contributed by atoms with Crippen molar-refractivity contribution in [2.75, 3.05) is 6.54 Å². The summed E-state index contributed by atoms with van der Waals surface area (Å²) in [7, 11) is -3.40. The molecule has 1 aromatic rings. The van der Waals surface area contributed by atoms with Crippen LogP contribution in [-0.4, -0.2) is 15.0 Å². The SMILES string of the molecule is Cc1cc(CN)ccc1S(=O)(=O)NCCCC1CCCC1. The molecule has 4 nitrogen and oxygen atoms in total. The van der Waals surface area contributed by atoms with E-state index < -0.39 is 10.0 Å². The van der Waals surface area contributed by atoms with Crippen LogP contribution in [0.15, 0.2) is 23.1 Å². The molecule has 118 valence electrons. The van der Waals surface area contributed by atoms with Crippen molar-refractivity contribution in [3.05, 3.63) is 29.3 Å². The fraction of sp³-hybridized carbons (Fsp3) is 0.625. The molecular formula is C16H26N2O2S. The van der Waals surface area contributed by atoms with Crippen LogP contribution in [0.25, 0.3) is 0 Å². The molecule has 21 heavy (non-hydrogen) atoms. The Hall–Kier alpha value is -0.910. The molecule has 0 unspecified atom stereocenters. The lowest BCUT2D eigenvalue weighted by Crippen LogP contribution is -2.26. The molecule has 0 aromatic heterocycles. The molecule has 1 fully saturated rings. The van der Waals surface area contributed by atoms with E-state index in [-0.39, 0.29) is 0 Å². The molecule has 1 saturated carbocycles. The first-order chi connectivity index (χ1) is 10.0. The highest BCUT2D eigenvalue weighted by atomic mass is 32.2. The minimum absolute atomic E-state index is 0.362. The number of rotatable bonds is 7. The van der Waals surface area contributed by atoms with E-state index in [2.05, 4.69) is 4.72 Å². The number of hydrogen-bond acceptors (Lipinski definition) is 3. The standard InChI is InChI=1S/C16H26N2O2S/c1-13-11-15(12-17)8-9-16(13)21(19,20)18-10-4-7-14-5-2-3-6-14/h8-9,11,14,18H,2-7,10,12,17H2,1H3. The van der Waals surface area contributed by atoms with Gasteiger partial charge in [-0.2, -0.15) is 0 Å². The Morgan fingerprint density at radius 1 is 1.29 bits per heavy atom. The summed E-state index contributed by atoms with van der Waals surface area (Å²) >= 11 is 0. The molecule has 3 N–H and O–H groups in total. The fourth-order valence-electron chi connectivity index (χ4n) is 3.11. The summed E-state index contributed by atoms with van der Waals surface area (Å²) in [5.41, 5.74) is 7.27. The highest BCUT2D eigenvalue weighted by molar-refractivity contribution is 7.89. The quantitative estimate of drug-likeness (QED) is 0.761. The van der Waals surface area contributed by atoms with Gasteiger partial charge in [0.15, 0.2) is 0 Å². The van der Waals surface area contributed by atoms with Crippen LogP contribution in [0.2, 0.25) is 0 Å². The normalized spacial score (nSPS) is 16.5. The monoisotopic (exact) mass is 310 g/mol. The third-order valence-corrected chi connectivity index (χ3v) is 5.94. The van der Waals surface area contributed by atoms with E-state index in [4.69, 9.17) is 5.73 Å². The number of sulfonamides is 1. The van der Waals surface area contributed by atoms with Crippen LogP contribution in [0.3, 0.4) is 0 Å². The Labute approximate surface area is 128 Å². The molecular weight excluding hydrogens is 284 g/mol. The predicted molar refractivity (Wildman–Crippen MR) is 85.5 cm³/mol. The minimum Gasteiger partial charge on any atom is -0.326 e. The lowest BCUT2D eigenvalue weighted by molar-refractivity contribution is 0.480. The minimum atomic E-state index is -3.40. The van der Waals surface area contributed by atoms with Gasteiger partial charge in [-0.25, -0.2) is 13.1 Å². The van der Waals surface area contributed by atoms with Gasteiger partial charge < -0.3 is 5.73 Å². The van der Waals surface area contributed by atoms with Crippen LogP contribution < -0.4 is 10.5 Å². The van der Waals surface area contributed by atoms with E-state index in [1.165, 1.54) is 25.7 Å². The second kappa shape index (κ2) is 7.38. The van der Waals surface area contributed by atoms with Crippen LogP contribution >= 0.6 is 0 Å². The highest BCUT2D eigenvalue weighted by Gasteiger charge is 2.18. The summed E-state index contributed by atoms with van der Waals surface area (Å²) in [4.78, 5) is 0.362. The van der Waals surface area contributed by atoms with Crippen molar-refractivity contribution >= 4 is 10.0 Å². The summed E-state index contributed by atoms with van der Waals surface area (Å²) < 4.78 is 27.3. The molecule has 1 aliphatic rings. The van der Waals surface area contributed by atoms with Crippen molar-refractivity contribution in [3.63, 3.8) is 0 Å². The number of benzene rings is 1. The van der Waals surface area contributed by atoms with Gasteiger partial charge in [-0.1, -0.05) is 37.8 Å². The van der Waals surface area contributed by atoms with Crippen molar-refractivity contribution in [3.8, 4) is 0 Å². The van der Waals surface area contributed by atoms with Crippen molar-refractivity contribution in [1.82, 2.24) is 4.72 Å². The Morgan fingerprint density at radius 3 is 2.62 bits per heavy atom. The topological polar surface area (TPSA) is 72.2 Å².